The van der Waals surface area contributed by atoms with E-state index >= 15 is 0 Å². The molecule has 0 spiro atoms. The predicted molar refractivity (Wildman–Crippen MR) is 87.7 cm³/mol. The van der Waals surface area contributed by atoms with Gasteiger partial charge in [0.15, 0.2) is 0 Å². The summed E-state index contributed by atoms with van der Waals surface area (Å²) < 4.78 is 5.24. The highest BCUT2D eigenvalue weighted by Crippen LogP contribution is 2.12. The van der Waals surface area contributed by atoms with Gasteiger partial charge < -0.3 is 15.4 Å². The fraction of sp³-hybridized carbons (Fsp3) is 0.529. The van der Waals surface area contributed by atoms with Crippen LogP contribution in [-0.4, -0.2) is 23.6 Å². The van der Waals surface area contributed by atoms with E-state index in [1.807, 2.05) is 44.2 Å². The van der Waals surface area contributed by atoms with Crippen molar-refractivity contribution in [1.29, 1.82) is 0 Å². The van der Waals surface area contributed by atoms with Crippen molar-refractivity contribution in [2.75, 3.05) is 5.32 Å². The number of benzene rings is 1. The van der Waals surface area contributed by atoms with Crippen LogP contribution in [0.1, 0.15) is 41.0 Å². The van der Waals surface area contributed by atoms with Gasteiger partial charge in [-0.3, -0.25) is 4.79 Å². The molecule has 0 saturated carbocycles. The summed E-state index contributed by atoms with van der Waals surface area (Å²) >= 11 is 0. The lowest BCUT2D eigenvalue weighted by Gasteiger charge is -2.25. The number of hydrogen-bond donors (Lipinski definition) is 2. The first-order valence-corrected chi connectivity index (χ1v) is 7.52. The average molecular weight is 306 g/mol. The number of hydrogen-bond acceptors (Lipinski definition) is 3. The SMILES string of the molecule is CC(C)[C@H](CC(=O)Nc1ccccc1)NC(=O)OC(C)(C)C. The van der Waals surface area contributed by atoms with Crippen LogP contribution in [0.4, 0.5) is 10.5 Å². The number of nitrogens with one attached hydrogen (secondary N) is 2. The number of ether oxygens (including phenoxy) is 1. The maximum Gasteiger partial charge on any atom is 0.407 e. The minimum absolute atomic E-state index is 0.119. The molecule has 0 unspecified atom stereocenters. The Morgan fingerprint density at radius 3 is 2.23 bits per heavy atom. The first kappa shape index (κ1) is 18.0. The van der Waals surface area contributed by atoms with Crippen LogP contribution in [0.2, 0.25) is 0 Å². The van der Waals surface area contributed by atoms with E-state index in [1.165, 1.54) is 0 Å². The maximum atomic E-state index is 12.1. The number of amides is 2. The lowest BCUT2D eigenvalue weighted by atomic mass is 10.0. The highest BCUT2D eigenvalue weighted by Gasteiger charge is 2.23. The molecule has 2 amide bonds. The van der Waals surface area contributed by atoms with Gasteiger partial charge in [0.25, 0.3) is 0 Å². The Kier molecular flexibility index (Phi) is 6.40. The van der Waals surface area contributed by atoms with Crippen LogP contribution in [0.5, 0.6) is 0 Å². The maximum absolute atomic E-state index is 12.1. The molecule has 0 heterocycles. The minimum atomic E-state index is -0.558. The van der Waals surface area contributed by atoms with Gasteiger partial charge in [0.05, 0.1) is 0 Å². The standard InChI is InChI=1S/C17H26N2O3/c1-12(2)14(19-16(21)22-17(3,4)5)11-15(20)18-13-9-7-6-8-10-13/h6-10,12,14H,11H2,1-5H3,(H,18,20)(H,19,21)/t14-/m0/s1. The summed E-state index contributed by atoms with van der Waals surface area (Å²) in [4.78, 5) is 23.9. The highest BCUT2D eigenvalue weighted by atomic mass is 16.6. The molecule has 5 nitrogen and oxygen atoms in total. The second-order valence-corrected chi connectivity index (χ2v) is 6.62. The molecule has 0 aliphatic carbocycles. The summed E-state index contributed by atoms with van der Waals surface area (Å²) in [5.41, 5.74) is 0.185. The minimum Gasteiger partial charge on any atom is -0.444 e. The summed E-state index contributed by atoms with van der Waals surface area (Å²) in [6.45, 7) is 9.33. The number of carbonyl (C=O) groups is 2. The zero-order chi connectivity index (χ0) is 16.8. The smallest absolute Gasteiger partial charge is 0.407 e. The second kappa shape index (κ2) is 7.82. The molecule has 5 heteroatoms. The van der Waals surface area contributed by atoms with Crippen molar-refractivity contribution in [3.8, 4) is 0 Å². The van der Waals surface area contributed by atoms with Gasteiger partial charge in [0.2, 0.25) is 5.91 Å². The molecule has 0 aromatic heterocycles. The van der Waals surface area contributed by atoms with E-state index in [2.05, 4.69) is 10.6 Å². The predicted octanol–water partition coefficient (Wildman–Crippen LogP) is 3.56. The Morgan fingerprint density at radius 2 is 1.73 bits per heavy atom. The second-order valence-electron chi connectivity index (χ2n) is 6.62. The van der Waals surface area contributed by atoms with E-state index < -0.39 is 11.7 Å². The zero-order valence-corrected chi connectivity index (χ0v) is 14.0. The fourth-order valence-corrected chi connectivity index (χ4v) is 1.85. The lowest BCUT2D eigenvalue weighted by molar-refractivity contribution is -0.116. The van der Waals surface area contributed by atoms with Crippen LogP contribution in [0.25, 0.3) is 0 Å². The molecule has 1 atom stereocenters. The van der Waals surface area contributed by atoms with E-state index in [0.29, 0.717) is 0 Å². The van der Waals surface area contributed by atoms with Crippen molar-refractivity contribution in [2.24, 2.45) is 5.92 Å². The van der Waals surface area contributed by atoms with Gasteiger partial charge in [0.1, 0.15) is 5.60 Å². The molecule has 22 heavy (non-hydrogen) atoms. The highest BCUT2D eigenvalue weighted by molar-refractivity contribution is 5.91. The first-order chi connectivity index (χ1) is 10.2. The Morgan fingerprint density at radius 1 is 1.14 bits per heavy atom. The van der Waals surface area contributed by atoms with Gasteiger partial charge in [-0.25, -0.2) is 4.79 Å². The number of carbonyl (C=O) groups excluding carboxylic acids is 2. The molecular formula is C17H26N2O3. The molecule has 1 rings (SSSR count). The van der Waals surface area contributed by atoms with E-state index in [-0.39, 0.29) is 24.3 Å². The molecule has 0 fully saturated rings. The van der Waals surface area contributed by atoms with Crippen LogP contribution in [0.15, 0.2) is 30.3 Å². The van der Waals surface area contributed by atoms with E-state index in [9.17, 15) is 9.59 Å². The Balaban J connectivity index is 2.57. The van der Waals surface area contributed by atoms with E-state index in [0.717, 1.165) is 5.69 Å². The average Bonchev–Trinajstić information content (AvgIpc) is 2.36. The number of anilines is 1. The third-order valence-electron chi connectivity index (χ3n) is 2.97. The largest absolute Gasteiger partial charge is 0.444 e. The normalized spacial score (nSPS) is 12.6. The molecule has 0 aliphatic heterocycles. The fourth-order valence-electron chi connectivity index (χ4n) is 1.85. The molecule has 122 valence electrons. The van der Waals surface area contributed by atoms with Crippen molar-refractivity contribution in [1.82, 2.24) is 5.32 Å². The van der Waals surface area contributed by atoms with Crippen molar-refractivity contribution in [3.63, 3.8) is 0 Å². The first-order valence-electron chi connectivity index (χ1n) is 7.52. The number of para-hydroxylation sites is 1. The topological polar surface area (TPSA) is 67.4 Å². The monoisotopic (exact) mass is 306 g/mol. The van der Waals surface area contributed by atoms with Gasteiger partial charge >= 0.3 is 6.09 Å². The number of alkyl carbamates (subject to hydrolysis) is 1. The van der Waals surface area contributed by atoms with Crippen molar-refractivity contribution in [2.45, 2.75) is 52.7 Å². The third-order valence-corrected chi connectivity index (χ3v) is 2.97. The lowest BCUT2D eigenvalue weighted by Crippen LogP contribution is -2.43. The molecule has 2 N–H and O–H groups in total. The molecular weight excluding hydrogens is 280 g/mol. The third kappa shape index (κ3) is 7.11. The van der Waals surface area contributed by atoms with E-state index in [4.69, 9.17) is 4.74 Å². The quantitative estimate of drug-likeness (QED) is 0.874. The van der Waals surface area contributed by atoms with Gasteiger partial charge in [-0.05, 0) is 38.8 Å². The summed E-state index contributed by atoms with van der Waals surface area (Å²) in [5, 5.41) is 5.59. The van der Waals surface area contributed by atoms with Crippen molar-refractivity contribution >= 4 is 17.7 Å². The Hall–Kier alpha value is -2.04. The van der Waals surface area contributed by atoms with Crippen LogP contribution < -0.4 is 10.6 Å². The van der Waals surface area contributed by atoms with Gasteiger partial charge in [0, 0.05) is 18.2 Å². The summed E-state index contributed by atoms with van der Waals surface area (Å²) in [5.74, 6) is -0.0185. The van der Waals surface area contributed by atoms with Crippen LogP contribution in [-0.2, 0) is 9.53 Å². The Bertz CT molecular complexity index is 492. The van der Waals surface area contributed by atoms with Crippen LogP contribution in [0.3, 0.4) is 0 Å². The van der Waals surface area contributed by atoms with Gasteiger partial charge in [-0.2, -0.15) is 0 Å². The molecule has 0 radical (unpaired) electrons. The van der Waals surface area contributed by atoms with Gasteiger partial charge in [-0.1, -0.05) is 32.0 Å². The van der Waals surface area contributed by atoms with Crippen LogP contribution >= 0.6 is 0 Å². The summed E-state index contributed by atoms with van der Waals surface area (Å²) in [6, 6.07) is 8.96. The van der Waals surface area contributed by atoms with Crippen molar-refractivity contribution in [3.05, 3.63) is 30.3 Å². The van der Waals surface area contributed by atoms with Crippen LogP contribution in [0, 0.1) is 5.92 Å². The Labute approximate surface area is 132 Å². The van der Waals surface area contributed by atoms with Gasteiger partial charge in [-0.15, -0.1) is 0 Å². The molecule has 0 saturated heterocycles. The molecule has 1 aromatic carbocycles. The number of rotatable bonds is 5. The molecule has 1 aromatic rings. The zero-order valence-electron chi connectivity index (χ0n) is 14.0. The molecule has 0 aliphatic rings. The van der Waals surface area contributed by atoms with E-state index in [1.54, 1.807) is 20.8 Å². The summed E-state index contributed by atoms with van der Waals surface area (Å²) in [6.07, 6.45) is -0.301. The van der Waals surface area contributed by atoms with Crippen molar-refractivity contribution < 1.29 is 14.3 Å². The summed E-state index contributed by atoms with van der Waals surface area (Å²) in [7, 11) is 0. The molecule has 0 bridgehead atoms.